The summed E-state index contributed by atoms with van der Waals surface area (Å²) in [5.74, 6) is 1.35. The molecular formula is C14H25N3O2. The highest BCUT2D eigenvalue weighted by Crippen LogP contribution is 2.10. The number of likely N-dealkylation sites (N-methyl/N-ethyl adjacent to an activating group) is 1. The zero-order valence-corrected chi connectivity index (χ0v) is 12.3. The van der Waals surface area contributed by atoms with E-state index in [0.29, 0.717) is 36.6 Å². The van der Waals surface area contributed by atoms with Gasteiger partial charge in [-0.05, 0) is 38.6 Å². The summed E-state index contributed by atoms with van der Waals surface area (Å²) >= 11 is 0. The highest BCUT2D eigenvalue weighted by Gasteiger charge is 2.16. The van der Waals surface area contributed by atoms with Gasteiger partial charge in [-0.2, -0.15) is 0 Å². The highest BCUT2D eigenvalue weighted by molar-refractivity contribution is 5.91. The normalized spacial score (nSPS) is 13.0. The van der Waals surface area contributed by atoms with Gasteiger partial charge in [0.2, 0.25) is 0 Å². The van der Waals surface area contributed by atoms with Crippen LogP contribution in [0.25, 0.3) is 0 Å². The van der Waals surface area contributed by atoms with Crippen LogP contribution in [0.5, 0.6) is 0 Å². The molecule has 0 aromatic carbocycles. The average Bonchev–Trinajstić information content (AvgIpc) is 2.82. The molecule has 0 aliphatic heterocycles. The third-order valence-electron chi connectivity index (χ3n) is 3.06. The number of rotatable bonds is 7. The van der Waals surface area contributed by atoms with E-state index in [0.717, 1.165) is 6.42 Å². The fourth-order valence-corrected chi connectivity index (χ4v) is 1.93. The van der Waals surface area contributed by atoms with Crippen molar-refractivity contribution in [2.24, 2.45) is 11.7 Å². The number of amides is 1. The van der Waals surface area contributed by atoms with Gasteiger partial charge in [-0.25, -0.2) is 0 Å². The molecule has 1 amide bonds. The first kappa shape index (κ1) is 15.7. The molecule has 0 radical (unpaired) electrons. The molecule has 108 valence electrons. The van der Waals surface area contributed by atoms with E-state index >= 15 is 0 Å². The Bertz CT molecular complexity index is 399. The Kier molecular flexibility index (Phi) is 6.05. The van der Waals surface area contributed by atoms with Gasteiger partial charge in [-0.1, -0.05) is 13.8 Å². The van der Waals surface area contributed by atoms with Gasteiger partial charge in [-0.15, -0.1) is 0 Å². The van der Waals surface area contributed by atoms with E-state index < -0.39 is 0 Å². The fraction of sp³-hybridized carbons (Fsp3) is 0.643. The minimum atomic E-state index is -0.185. The molecule has 1 aromatic heterocycles. The van der Waals surface area contributed by atoms with E-state index in [1.165, 1.54) is 0 Å². The van der Waals surface area contributed by atoms with Gasteiger partial charge in [-0.3, -0.25) is 4.79 Å². The summed E-state index contributed by atoms with van der Waals surface area (Å²) in [6.45, 7) is 5.28. The van der Waals surface area contributed by atoms with Gasteiger partial charge in [0.25, 0.3) is 5.91 Å². The van der Waals surface area contributed by atoms with Crippen LogP contribution in [0.2, 0.25) is 0 Å². The molecule has 0 spiro atoms. The van der Waals surface area contributed by atoms with Crippen molar-refractivity contribution in [3.05, 3.63) is 23.7 Å². The molecule has 0 aliphatic rings. The van der Waals surface area contributed by atoms with Crippen molar-refractivity contribution in [1.29, 1.82) is 0 Å². The lowest BCUT2D eigenvalue weighted by Crippen LogP contribution is -2.40. The Hall–Kier alpha value is -1.33. The monoisotopic (exact) mass is 267 g/mol. The number of carbonyl (C=O) groups is 1. The maximum atomic E-state index is 11.9. The second kappa shape index (κ2) is 7.31. The lowest BCUT2D eigenvalue weighted by Gasteiger charge is -2.26. The number of hydrogen-bond acceptors (Lipinski definition) is 4. The van der Waals surface area contributed by atoms with Gasteiger partial charge in [0.05, 0.1) is 6.54 Å². The summed E-state index contributed by atoms with van der Waals surface area (Å²) in [4.78, 5) is 14.1. The zero-order valence-electron chi connectivity index (χ0n) is 12.3. The molecule has 1 heterocycles. The Labute approximate surface area is 115 Å². The summed E-state index contributed by atoms with van der Waals surface area (Å²) in [6.07, 6.45) is 1.04. The van der Waals surface area contributed by atoms with E-state index in [4.69, 9.17) is 10.2 Å². The quantitative estimate of drug-likeness (QED) is 0.784. The Morgan fingerprint density at radius 2 is 2.11 bits per heavy atom. The number of carbonyl (C=O) groups excluding carboxylic acids is 1. The first-order valence-electron chi connectivity index (χ1n) is 6.67. The van der Waals surface area contributed by atoms with Crippen LogP contribution in [0.4, 0.5) is 0 Å². The van der Waals surface area contributed by atoms with Crippen molar-refractivity contribution in [2.75, 3.05) is 20.6 Å². The topological polar surface area (TPSA) is 71.5 Å². The van der Waals surface area contributed by atoms with Crippen molar-refractivity contribution in [2.45, 2.75) is 32.9 Å². The molecule has 0 saturated carbocycles. The molecule has 1 aromatic rings. The number of furan rings is 1. The number of nitrogens with one attached hydrogen (secondary N) is 1. The van der Waals surface area contributed by atoms with Crippen molar-refractivity contribution >= 4 is 5.91 Å². The zero-order chi connectivity index (χ0) is 14.4. The SMILES string of the molecule is CC(C)CC(CNC(=O)c1ccc(CN)o1)N(C)C. The minimum Gasteiger partial charge on any atom is -0.455 e. The van der Waals surface area contributed by atoms with Crippen LogP contribution in [-0.2, 0) is 6.54 Å². The highest BCUT2D eigenvalue weighted by atomic mass is 16.4. The first-order chi connectivity index (χ1) is 8.93. The molecular weight excluding hydrogens is 242 g/mol. The Morgan fingerprint density at radius 1 is 1.42 bits per heavy atom. The summed E-state index contributed by atoms with van der Waals surface area (Å²) < 4.78 is 5.32. The predicted octanol–water partition coefficient (Wildman–Crippen LogP) is 1.44. The number of hydrogen-bond donors (Lipinski definition) is 2. The van der Waals surface area contributed by atoms with Crippen LogP contribution in [-0.4, -0.2) is 37.5 Å². The standard InChI is InChI=1S/C14H25N3O2/c1-10(2)7-11(17(3)4)9-16-14(18)13-6-5-12(8-15)19-13/h5-6,10-11H,7-9,15H2,1-4H3,(H,16,18). The largest absolute Gasteiger partial charge is 0.455 e. The Morgan fingerprint density at radius 3 is 2.58 bits per heavy atom. The summed E-state index contributed by atoms with van der Waals surface area (Å²) in [5, 5.41) is 2.91. The summed E-state index contributed by atoms with van der Waals surface area (Å²) in [5.41, 5.74) is 5.45. The van der Waals surface area contributed by atoms with Crippen LogP contribution in [0.15, 0.2) is 16.5 Å². The number of nitrogens with zero attached hydrogens (tertiary/aromatic N) is 1. The van der Waals surface area contributed by atoms with Gasteiger partial charge in [0.1, 0.15) is 5.76 Å². The van der Waals surface area contributed by atoms with Gasteiger partial charge < -0.3 is 20.4 Å². The maximum Gasteiger partial charge on any atom is 0.287 e. The molecule has 3 N–H and O–H groups in total. The van der Waals surface area contributed by atoms with Gasteiger partial charge >= 0.3 is 0 Å². The van der Waals surface area contributed by atoms with Crippen molar-refractivity contribution in [1.82, 2.24) is 10.2 Å². The molecule has 19 heavy (non-hydrogen) atoms. The average molecular weight is 267 g/mol. The van der Waals surface area contributed by atoms with Gasteiger partial charge in [0.15, 0.2) is 5.76 Å². The second-order valence-corrected chi connectivity index (χ2v) is 5.43. The molecule has 0 saturated heterocycles. The molecule has 0 fully saturated rings. The Balaban J connectivity index is 2.51. The molecule has 1 unspecified atom stereocenters. The van der Waals surface area contributed by atoms with Crippen LogP contribution in [0, 0.1) is 5.92 Å². The summed E-state index contributed by atoms with van der Waals surface area (Å²) in [7, 11) is 4.05. The van der Waals surface area contributed by atoms with Crippen molar-refractivity contribution in [3.63, 3.8) is 0 Å². The molecule has 5 nitrogen and oxygen atoms in total. The fourth-order valence-electron chi connectivity index (χ4n) is 1.93. The van der Waals surface area contributed by atoms with Crippen LogP contribution < -0.4 is 11.1 Å². The molecule has 1 rings (SSSR count). The summed E-state index contributed by atoms with van der Waals surface area (Å²) in [6, 6.07) is 3.71. The third-order valence-corrected chi connectivity index (χ3v) is 3.06. The van der Waals surface area contributed by atoms with E-state index in [1.54, 1.807) is 12.1 Å². The minimum absolute atomic E-state index is 0.185. The molecule has 5 heteroatoms. The maximum absolute atomic E-state index is 11.9. The van der Waals surface area contributed by atoms with E-state index in [2.05, 4.69) is 24.1 Å². The second-order valence-electron chi connectivity index (χ2n) is 5.43. The lowest BCUT2D eigenvalue weighted by molar-refractivity contribution is 0.0909. The van der Waals surface area contributed by atoms with Crippen LogP contribution in [0.1, 0.15) is 36.6 Å². The number of nitrogens with two attached hydrogens (primary N) is 1. The molecule has 0 bridgehead atoms. The van der Waals surface area contributed by atoms with Crippen LogP contribution in [0.3, 0.4) is 0 Å². The predicted molar refractivity (Wildman–Crippen MR) is 75.9 cm³/mol. The molecule has 1 atom stereocenters. The van der Waals surface area contributed by atoms with Gasteiger partial charge in [0, 0.05) is 12.6 Å². The van der Waals surface area contributed by atoms with E-state index in [-0.39, 0.29) is 5.91 Å². The van der Waals surface area contributed by atoms with Crippen molar-refractivity contribution in [3.8, 4) is 0 Å². The molecule has 0 aliphatic carbocycles. The van der Waals surface area contributed by atoms with Crippen LogP contribution >= 0.6 is 0 Å². The third kappa shape index (κ3) is 5.04. The van der Waals surface area contributed by atoms with E-state index in [9.17, 15) is 4.79 Å². The van der Waals surface area contributed by atoms with E-state index in [1.807, 2.05) is 14.1 Å². The smallest absolute Gasteiger partial charge is 0.287 e. The van der Waals surface area contributed by atoms with Crippen molar-refractivity contribution < 1.29 is 9.21 Å². The first-order valence-corrected chi connectivity index (χ1v) is 6.67. The lowest BCUT2D eigenvalue weighted by atomic mass is 10.0.